The van der Waals surface area contributed by atoms with Crippen LogP contribution in [0.4, 0.5) is 0 Å². The summed E-state index contributed by atoms with van der Waals surface area (Å²) in [7, 11) is -2.02. The minimum absolute atomic E-state index is 0.235. The molecule has 4 nitrogen and oxygen atoms in total. The molecule has 1 N–H and O–H groups in total. The molecule has 116 valence electrons. The first kappa shape index (κ1) is 16.3. The maximum atomic E-state index is 12.4. The van der Waals surface area contributed by atoms with Crippen LogP contribution in [0.25, 0.3) is 0 Å². The molecule has 1 atom stereocenters. The molecule has 0 radical (unpaired) electrons. The molecule has 0 bridgehead atoms. The van der Waals surface area contributed by atoms with E-state index in [9.17, 15) is 8.42 Å². The predicted octanol–water partition coefficient (Wildman–Crippen LogP) is 3.21. The number of benzene rings is 2. The van der Waals surface area contributed by atoms with E-state index in [1.165, 1.54) is 0 Å². The zero-order valence-corrected chi connectivity index (χ0v) is 13.4. The quantitative estimate of drug-likeness (QED) is 0.832. The van der Waals surface area contributed by atoms with Crippen LogP contribution in [0.3, 0.4) is 0 Å². The van der Waals surface area contributed by atoms with E-state index in [1.54, 1.807) is 49.6 Å². The van der Waals surface area contributed by atoms with Crippen LogP contribution in [0.5, 0.6) is 5.75 Å². The second-order valence-electron chi connectivity index (χ2n) is 4.92. The van der Waals surface area contributed by atoms with Gasteiger partial charge in [0, 0.05) is 0 Å². The van der Waals surface area contributed by atoms with Crippen molar-refractivity contribution in [2.24, 2.45) is 0 Å². The molecule has 0 heterocycles. The maximum absolute atomic E-state index is 12.4. The van der Waals surface area contributed by atoms with Crippen LogP contribution in [-0.4, -0.2) is 15.5 Å². The molecule has 2 aromatic carbocycles. The van der Waals surface area contributed by atoms with Gasteiger partial charge in [0.1, 0.15) is 5.75 Å². The smallest absolute Gasteiger partial charge is 0.241 e. The van der Waals surface area contributed by atoms with Gasteiger partial charge >= 0.3 is 0 Å². The number of methoxy groups -OCH3 is 1. The zero-order valence-electron chi connectivity index (χ0n) is 12.6. The molecule has 0 spiro atoms. The standard InChI is InChI=1S/C17H19NO3S/c1-4-17(14-7-9-15(21-3)10-8-14)18-22(19,20)16-11-5-13(2)6-12-16/h4-12,17-18H,1H2,2-3H3. The number of hydrogen-bond donors (Lipinski definition) is 1. The highest BCUT2D eigenvalue weighted by atomic mass is 32.2. The van der Waals surface area contributed by atoms with Crippen LogP contribution in [-0.2, 0) is 10.0 Å². The average molecular weight is 317 g/mol. The Morgan fingerprint density at radius 3 is 2.18 bits per heavy atom. The molecular formula is C17H19NO3S. The molecule has 2 rings (SSSR count). The minimum atomic E-state index is -3.60. The fourth-order valence-corrected chi connectivity index (χ4v) is 3.21. The first-order valence-electron chi connectivity index (χ1n) is 6.82. The number of nitrogens with one attached hydrogen (secondary N) is 1. The topological polar surface area (TPSA) is 55.4 Å². The lowest BCUT2D eigenvalue weighted by Gasteiger charge is -2.16. The number of hydrogen-bond acceptors (Lipinski definition) is 3. The first-order valence-corrected chi connectivity index (χ1v) is 8.30. The Morgan fingerprint density at radius 2 is 1.68 bits per heavy atom. The summed E-state index contributed by atoms with van der Waals surface area (Å²) in [6, 6.07) is 13.4. The Morgan fingerprint density at radius 1 is 1.09 bits per heavy atom. The molecule has 0 saturated heterocycles. The Labute approximate surface area is 131 Å². The highest BCUT2D eigenvalue weighted by Crippen LogP contribution is 2.21. The third-order valence-corrected chi connectivity index (χ3v) is 4.78. The molecule has 0 saturated carbocycles. The van der Waals surface area contributed by atoms with Crippen molar-refractivity contribution >= 4 is 10.0 Å². The van der Waals surface area contributed by atoms with Crippen molar-refractivity contribution in [1.82, 2.24) is 4.72 Å². The van der Waals surface area contributed by atoms with Gasteiger partial charge in [-0.1, -0.05) is 35.9 Å². The van der Waals surface area contributed by atoms with Crippen LogP contribution < -0.4 is 9.46 Å². The normalized spacial score (nSPS) is 12.6. The van der Waals surface area contributed by atoms with Gasteiger partial charge in [0.05, 0.1) is 18.0 Å². The van der Waals surface area contributed by atoms with Crippen molar-refractivity contribution in [1.29, 1.82) is 0 Å². The van der Waals surface area contributed by atoms with Crippen LogP contribution in [0.15, 0.2) is 66.1 Å². The Hall–Kier alpha value is -2.11. The number of ether oxygens (including phenoxy) is 1. The van der Waals surface area contributed by atoms with Crippen molar-refractivity contribution < 1.29 is 13.2 Å². The average Bonchev–Trinajstić information content (AvgIpc) is 2.53. The summed E-state index contributed by atoms with van der Waals surface area (Å²) in [6.07, 6.45) is 1.56. The molecule has 0 amide bonds. The van der Waals surface area contributed by atoms with Crippen LogP contribution in [0.1, 0.15) is 17.2 Å². The molecule has 5 heteroatoms. The van der Waals surface area contributed by atoms with Crippen molar-refractivity contribution in [3.8, 4) is 5.75 Å². The second-order valence-corrected chi connectivity index (χ2v) is 6.63. The van der Waals surface area contributed by atoms with Crippen molar-refractivity contribution in [3.05, 3.63) is 72.3 Å². The molecular weight excluding hydrogens is 298 g/mol. The van der Waals surface area contributed by atoms with Gasteiger partial charge in [0.25, 0.3) is 0 Å². The number of sulfonamides is 1. The third-order valence-electron chi connectivity index (χ3n) is 3.32. The summed E-state index contributed by atoms with van der Waals surface area (Å²) in [5.74, 6) is 0.716. The van der Waals surface area contributed by atoms with Gasteiger partial charge in [-0.05, 0) is 36.8 Å². The maximum Gasteiger partial charge on any atom is 0.241 e. The highest BCUT2D eigenvalue weighted by Gasteiger charge is 2.19. The third kappa shape index (κ3) is 3.75. The lowest BCUT2D eigenvalue weighted by molar-refractivity contribution is 0.414. The summed E-state index contributed by atoms with van der Waals surface area (Å²) in [5.41, 5.74) is 1.81. The molecule has 1 unspecified atom stereocenters. The molecule has 0 fully saturated rings. The van der Waals surface area contributed by atoms with Crippen LogP contribution in [0.2, 0.25) is 0 Å². The largest absolute Gasteiger partial charge is 0.497 e. The summed E-state index contributed by atoms with van der Waals surface area (Å²) in [6.45, 7) is 5.62. The van der Waals surface area contributed by atoms with Gasteiger partial charge in [-0.3, -0.25) is 0 Å². The molecule has 0 aliphatic carbocycles. The lowest BCUT2D eigenvalue weighted by Crippen LogP contribution is -2.27. The van der Waals surface area contributed by atoms with E-state index in [0.717, 1.165) is 11.1 Å². The van der Waals surface area contributed by atoms with Gasteiger partial charge in [-0.25, -0.2) is 8.42 Å². The molecule has 22 heavy (non-hydrogen) atoms. The summed E-state index contributed by atoms with van der Waals surface area (Å²) in [5, 5.41) is 0. The Kier molecular flexibility index (Phi) is 5.00. The minimum Gasteiger partial charge on any atom is -0.497 e. The van der Waals surface area contributed by atoms with Crippen molar-refractivity contribution in [2.75, 3.05) is 7.11 Å². The van der Waals surface area contributed by atoms with Crippen LogP contribution in [0, 0.1) is 6.92 Å². The van der Waals surface area contributed by atoms with Crippen molar-refractivity contribution in [3.63, 3.8) is 0 Å². The lowest BCUT2D eigenvalue weighted by atomic mass is 10.1. The summed E-state index contributed by atoms with van der Waals surface area (Å²) >= 11 is 0. The number of rotatable bonds is 6. The van der Waals surface area contributed by atoms with Gasteiger partial charge in [-0.2, -0.15) is 4.72 Å². The Bertz CT molecular complexity index is 734. The van der Waals surface area contributed by atoms with Gasteiger partial charge in [-0.15, -0.1) is 6.58 Å². The van der Waals surface area contributed by atoms with Crippen molar-refractivity contribution in [2.45, 2.75) is 17.9 Å². The first-order chi connectivity index (χ1) is 10.5. The molecule has 2 aromatic rings. The molecule has 0 aliphatic heterocycles. The van der Waals surface area contributed by atoms with E-state index >= 15 is 0 Å². The highest BCUT2D eigenvalue weighted by molar-refractivity contribution is 7.89. The number of aryl methyl sites for hydroxylation is 1. The van der Waals surface area contributed by atoms with E-state index in [0.29, 0.717) is 5.75 Å². The summed E-state index contributed by atoms with van der Waals surface area (Å²) < 4.78 is 32.6. The van der Waals surface area contributed by atoms with E-state index in [4.69, 9.17) is 4.74 Å². The SMILES string of the molecule is C=CC(NS(=O)(=O)c1ccc(C)cc1)c1ccc(OC)cc1. The van der Waals surface area contributed by atoms with Gasteiger partial charge in [0.2, 0.25) is 10.0 Å². The molecule has 0 aliphatic rings. The monoisotopic (exact) mass is 317 g/mol. The van der Waals surface area contributed by atoms with Crippen LogP contribution >= 0.6 is 0 Å². The zero-order chi connectivity index (χ0) is 16.2. The van der Waals surface area contributed by atoms with E-state index in [1.807, 2.05) is 19.1 Å². The van der Waals surface area contributed by atoms with Gasteiger partial charge in [0.15, 0.2) is 0 Å². The van der Waals surface area contributed by atoms with Gasteiger partial charge < -0.3 is 4.74 Å². The summed E-state index contributed by atoms with van der Waals surface area (Å²) in [4.78, 5) is 0.235. The Balaban J connectivity index is 2.24. The predicted molar refractivity (Wildman–Crippen MR) is 87.4 cm³/mol. The van der Waals surface area contributed by atoms with E-state index in [-0.39, 0.29) is 4.90 Å². The van der Waals surface area contributed by atoms with E-state index in [2.05, 4.69) is 11.3 Å². The van der Waals surface area contributed by atoms with E-state index < -0.39 is 16.1 Å². The fourth-order valence-electron chi connectivity index (χ4n) is 2.02. The second kappa shape index (κ2) is 6.77. The fraction of sp³-hybridized carbons (Fsp3) is 0.176. The molecule has 0 aromatic heterocycles.